The van der Waals surface area contributed by atoms with Gasteiger partial charge in [0.2, 0.25) is 0 Å². The predicted molar refractivity (Wildman–Crippen MR) is 99.0 cm³/mol. The number of rotatable bonds is 3. The van der Waals surface area contributed by atoms with E-state index in [2.05, 4.69) is 20.3 Å². The topological polar surface area (TPSA) is 77.2 Å². The van der Waals surface area contributed by atoms with Gasteiger partial charge in [-0.1, -0.05) is 6.07 Å². The van der Waals surface area contributed by atoms with Gasteiger partial charge in [-0.2, -0.15) is 0 Å². The zero-order chi connectivity index (χ0) is 17.3. The molecule has 1 aromatic carbocycles. The van der Waals surface area contributed by atoms with Gasteiger partial charge in [-0.25, -0.2) is 9.50 Å². The molecule has 0 amide bonds. The van der Waals surface area contributed by atoms with Gasteiger partial charge in [0, 0.05) is 37.2 Å². The summed E-state index contributed by atoms with van der Waals surface area (Å²) in [4.78, 5) is 13.2. The van der Waals surface area contributed by atoms with Gasteiger partial charge in [-0.15, -0.1) is 5.10 Å². The van der Waals surface area contributed by atoms with E-state index in [-0.39, 0.29) is 0 Å². The molecule has 0 unspecified atom stereocenters. The highest BCUT2D eigenvalue weighted by Gasteiger charge is 2.15. The molecule has 1 N–H and O–H groups in total. The molecule has 0 radical (unpaired) electrons. The van der Waals surface area contributed by atoms with E-state index >= 15 is 0 Å². The summed E-state index contributed by atoms with van der Waals surface area (Å²) in [5.41, 5.74) is 4.50. The fourth-order valence-electron chi connectivity index (χ4n) is 3.32. The molecule has 1 saturated heterocycles. The molecule has 0 spiro atoms. The highest BCUT2D eigenvalue weighted by Crippen LogP contribution is 2.24. The second-order valence-electron chi connectivity index (χ2n) is 6.42. The van der Waals surface area contributed by atoms with Crippen LogP contribution in [0.5, 0.6) is 0 Å². The number of aromatic nitrogens is 5. The Morgan fingerprint density at radius 2 is 1.81 bits per heavy atom. The number of fused-ring (bicyclic) bond motifs is 2. The van der Waals surface area contributed by atoms with Crippen molar-refractivity contribution in [3.8, 4) is 11.3 Å². The summed E-state index contributed by atoms with van der Waals surface area (Å²) in [6.07, 6.45) is 7.25. The van der Waals surface area contributed by atoms with E-state index in [0.717, 1.165) is 59.8 Å². The molecule has 1 aliphatic rings. The first-order valence-corrected chi connectivity index (χ1v) is 8.77. The lowest BCUT2D eigenvalue weighted by atomic mass is 10.1. The molecule has 3 aromatic heterocycles. The van der Waals surface area contributed by atoms with Crippen LogP contribution in [0.15, 0.2) is 48.9 Å². The minimum absolute atomic E-state index is 0.400. The van der Waals surface area contributed by atoms with Crippen LogP contribution < -0.4 is 5.32 Å². The average Bonchev–Trinajstić information content (AvgIpc) is 3.12. The molecule has 0 bridgehead atoms. The first kappa shape index (κ1) is 15.2. The number of hydrogen-bond acceptors (Lipinski definition) is 6. The van der Waals surface area contributed by atoms with Crippen LogP contribution in [0.25, 0.3) is 27.9 Å². The van der Waals surface area contributed by atoms with E-state index < -0.39 is 0 Å². The Hall–Kier alpha value is -3.06. The van der Waals surface area contributed by atoms with E-state index in [4.69, 9.17) is 9.84 Å². The maximum atomic E-state index is 5.42. The van der Waals surface area contributed by atoms with Crippen LogP contribution in [0, 0.1) is 0 Å². The number of imidazole rings is 1. The molecule has 130 valence electrons. The summed E-state index contributed by atoms with van der Waals surface area (Å²) in [5.74, 6) is 0.851. The standard InChI is InChI=1S/C19H18N6O/c1-2-15-16(21-8-7-20-15)11-13(1)17-12-22-19-4-3-18(24-25(17)19)23-14-5-9-26-10-6-14/h1-4,7-8,11-12,14H,5-6,9-10H2,(H,23,24). The molecule has 26 heavy (non-hydrogen) atoms. The van der Waals surface area contributed by atoms with E-state index in [9.17, 15) is 0 Å². The summed E-state index contributed by atoms with van der Waals surface area (Å²) < 4.78 is 7.29. The van der Waals surface area contributed by atoms with Crippen LogP contribution in [0.4, 0.5) is 5.82 Å². The zero-order valence-corrected chi connectivity index (χ0v) is 14.2. The van der Waals surface area contributed by atoms with Crippen molar-refractivity contribution in [3.63, 3.8) is 0 Å². The fourth-order valence-corrected chi connectivity index (χ4v) is 3.32. The van der Waals surface area contributed by atoms with Crippen molar-refractivity contribution in [2.24, 2.45) is 0 Å². The summed E-state index contributed by atoms with van der Waals surface area (Å²) in [5, 5.41) is 8.26. The third-order valence-electron chi connectivity index (χ3n) is 4.70. The van der Waals surface area contributed by atoms with Gasteiger partial charge in [-0.05, 0) is 37.1 Å². The molecule has 0 aliphatic carbocycles. The number of anilines is 1. The van der Waals surface area contributed by atoms with Gasteiger partial charge in [0.25, 0.3) is 0 Å². The normalized spacial score (nSPS) is 15.5. The Balaban J connectivity index is 1.53. The zero-order valence-electron chi connectivity index (χ0n) is 14.2. The molecule has 0 atom stereocenters. The van der Waals surface area contributed by atoms with Gasteiger partial charge >= 0.3 is 0 Å². The summed E-state index contributed by atoms with van der Waals surface area (Å²) >= 11 is 0. The van der Waals surface area contributed by atoms with Crippen LogP contribution in [0.2, 0.25) is 0 Å². The second kappa shape index (κ2) is 6.34. The van der Waals surface area contributed by atoms with Gasteiger partial charge in [-0.3, -0.25) is 9.97 Å². The lowest BCUT2D eigenvalue weighted by Crippen LogP contribution is -2.28. The minimum Gasteiger partial charge on any atom is -0.381 e. The van der Waals surface area contributed by atoms with Gasteiger partial charge in [0.15, 0.2) is 5.65 Å². The Morgan fingerprint density at radius 1 is 0.962 bits per heavy atom. The summed E-state index contributed by atoms with van der Waals surface area (Å²) in [6, 6.07) is 10.4. The van der Waals surface area contributed by atoms with Crippen LogP contribution >= 0.6 is 0 Å². The van der Waals surface area contributed by atoms with E-state index in [1.165, 1.54) is 0 Å². The molecular weight excluding hydrogens is 328 g/mol. The van der Waals surface area contributed by atoms with Crippen LogP contribution in [0.3, 0.4) is 0 Å². The van der Waals surface area contributed by atoms with Crippen molar-refractivity contribution in [2.45, 2.75) is 18.9 Å². The smallest absolute Gasteiger partial charge is 0.154 e. The summed E-state index contributed by atoms with van der Waals surface area (Å²) in [7, 11) is 0. The van der Waals surface area contributed by atoms with Crippen molar-refractivity contribution in [1.29, 1.82) is 0 Å². The van der Waals surface area contributed by atoms with Crippen LogP contribution in [-0.4, -0.2) is 43.8 Å². The predicted octanol–water partition coefficient (Wildman–Crippen LogP) is 2.93. The van der Waals surface area contributed by atoms with Crippen LogP contribution in [-0.2, 0) is 4.74 Å². The fraction of sp³-hybridized carbons (Fsp3) is 0.263. The van der Waals surface area contributed by atoms with Gasteiger partial charge in [0.1, 0.15) is 5.82 Å². The Bertz CT molecular complexity index is 1070. The number of ether oxygens (including phenoxy) is 1. The molecule has 7 nitrogen and oxygen atoms in total. The van der Waals surface area contributed by atoms with Gasteiger partial charge < -0.3 is 10.1 Å². The number of nitrogens with one attached hydrogen (secondary N) is 1. The van der Waals surface area contributed by atoms with E-state index in [0.29, 0.717) is 6.04 Å². The third kappa shape index (κ3) is 2.76. The Labute approximate surface area is 150 Å². The monoisotopic (exact) mass is 346 g/mol. The van der Waals surface area contributed by atoms with Crippen molar-refractivity contribution < 1.29 is 4.74 Å². The third-order valence-corrected chi connectivity index (χ3v) is 4.70. The van der Waals surface area contributed by atoms with E-state index in [1.807, 2.05) is 41.0 Å². The average molecular weight is 346 g/mol. The lowest BCUT2D eigenvalue weighted by Gasteiger charge is -2.23. The first-order valence-electron chi connectivity index (χ1n) is 8.77. The Kier molecular flexibility index (Phi) is 3.71. The molecule has 1 aliphatic heterocycles. The summed E-state index contributed by atoms with van der Waals surface area (Å²) in [6.45, 7) is 1.60. The van der Waals surface area contributed by atoms with Crippen molar-refractivity contribution >= 4 is 22.5 Å². The molecule has 5 rings (SSSR count). The molecule has 0 saturated carbocycles. The first-order chi connectivity index (χ1) is 12.9. The van der Waals surface area contributed by atoms with Crippen molar-refractivity contribution in [3.05, 3.63) is 48.9 Å². The molecular formula is C19H18N6O. The van der Waals surface area contributed by atoms with Gasteiger partial charge in [0.05, 0.1) is 22.9 Å². The number of nitrogens with zero attached hydrogens (tertiary/aromatic N) is 5. The molecule has 4 aromatic rings. The molecule has 4 heterocycles. The quantitative estimate of drug-likeness (QED) is 0.615. The SMILES string of the molecule is c1cnc2cc(-c3cnc4ccc(NC5CCOCC5)nn34)ccc2n1. The van der Waals surface area contributed by atoms with E-state index in [1.54, 1.807) is 12.4 Å². The largest absolute Gasteiger partial charge is 0.381 e. The highest BCUT2D eigenvalue weighted by molar-refractivity contribution is 5.80. The molecule has 7 heteroatoms. The number of hydrogen-bond donors (Lipinski definition) is 1. The minimum atomic E-state index is 0.400. The lowest BCUT2D eigenvalue weighted by molar-refractivity contribution is 0.0903. The number of benzene rings is 1. The second-order valence-corrected chi connectivity index (χ2v) is 6.42. The van der Waals surface area contributed by atoms with Crippen LogP contribution in [0.1, 0.15) is 12.8 Å². The molecule has 1 fully saturated rings. The van der Waals surface area contributed by atoms with Crippen molar-refractivity contribution in [2.75, 3.05) is 18.5 Å². The highest BCUT2D eigenvalue weighted by atomic mass is 16.5. The van der Waals surface area contributed by atoms with Crippen molar-refractivity contribution in [1.82, 2.24) is 24.6 Å². The maximum Gasteiger partial charge on any atom is 0.154 e. The Morgan fingerprint density at radius 3 is 2.69 bits per heavy atom. The maximum absolute atomic E-state index is 5.42.